The van der Waals surface area contributed by atoms with Crippen LogP contribution in [0, 0.1) is 33.8 Å². The second-order valence-corrected chi connectivity index (χ2v) is 9.24. The highest BCUT2D eigenvalue weighted by Gasteiger charge is 2.38. The van der Waals surface area contributed by atoms with E-state index >= 15 is 0 Å². The van der Waals surface area contributed by atoms with E-state index in [0.717, 1.165) is 38.5 Å². The van der Waals surface area contributed by atoms with E-state index in [1.807, 2.05) is 0 Å². The Labute approximate surface area is 173 Å². The standard InChI is InChI=1S/C23H34N2O4/c1-15(2)18-13-12-16(3)14-21(18)29-23(26)22(17-8-4-5-9-17)24-19-10-6-7-11-20(19)25(27)28/h6-7,10-11,15-18,21-22,24H,4-5,8-9,12-14H2,1-3H3/t16-,18+,21?,22-/m1/s1. The molecule has 0 saturated heterocycles. The number of carbonyl (C=O) groups is 1. The van der Waals surface area contributed by atoms with Gasteiger partial charge < -0.3 is 10.1 Å². The second kappa shape index (κ2) is 9.59. The lowest BCUT2D eigenvalue weighted by Crippen LogP contribution is -2.43. The van der Waals surface area contributed by atoms with E-state index in [-0.39, 0.29) is 23.7 Å². The van der Waals surface area contributed by atoms with Crippen LogP contribution in [0.15, 0.2) is 24.3 Å². The van der Waals surface area contributed by atoms with Gasteiger partial charge in [-0.3, -0.25) is 10.1 Å². The number of anilines is 1. The summed E-state index contributed by atoms with van der Waals surface area (Å²) in [5.74, 6) is 1.30. The lowest BCUT2D eigenvalue weighted by atomic mass is 9.75. The molecule has 0 spiro atoms. The van der Waals surface area contributed by atoms with Crippen molar-refractivity contribution in [2.75, 3.05) is 5.32 Å². The minimum Gasteiger partial charge on any atom is -0.461 e. The summed E-state index contributed by atoms with van der Waals surface area (Å²) in [5, 5.41) is 14.6. The zero-order chi connectivity index (χ0) is 21.0. The molecule has 2 aliphatic rings. The van der Waals surface area contributed by atoms with Crippen LogP contribution >= 0.6 is 0 Å². The van der Waals surface area contributed by atoms with E-state index in [4.69, 9.17) is 4.74 Å². The number of ether oxygens (including phenoxy) is 1. The van der Waals surface area contributed by atoms with Crippen LogP contribution in [-0.2, 0) is 9.53 Å². The van der Waals surface area contributed by atoms with Gasteiger partial charge in [0.15, 0.2) is 0 Å². The van der Waals surface area contributed by atoms with Crippen molar-refractivity contribution in [1.29, 1.82) is 0 Å². The topological polar surface area (TPSA) is 81.5 Å². The van der Waals surface area contributed by atoms with E-state index in [1.54, 1.807) is 18.2 Å². The molecule has 0 aliphatic heterocycles. The molecular formula is C23H34N2O4. The Kier molecular flexibility index (Phi) is 7.14. The molecule has 2 fully saturated rings. The van der Waals surface area contributed by atoms with Crippen LogP contribution in [0.2, 0.25) is 0 Å². The first kappa shape index (κ1) is 21.6. The Bertz CT molecular complexity index is 715. The number of hydrogen-bond acceptors (Lipinski definition) is 5. The van der Waals surface area contributed by atoms with E-state index in [9.17, 15) is 14.9 Å². The highest BCUT2D eigenvalue weighted by molar-refractivity contribution is 5.81. The summed E-state index contributed by atoms with van der Waals surface area (Å²) in [6.07, 6.45) is 7.16. The molecule has 0 aromatic heterocycles. The minimum atomic E-state index is -0.538. The molecule has 4 atom stereocenters. The van der Waals surface area contributed by atoms with Gasteiger partial charge in [-0.15, -0.1) is 0 Å². The summed E-state index contributed by atoms with van der Waals surface area (Å²) in [6.45, 7) is 6.61. The first-order valence-corrected chi connectivity index (χ1v) is 11.1. The first-order valence-electron chi connectivity index (χ1n) is 11.1. The SMILES string of the molecule is CC(C)[C@@H]1CC[C@@H](C)CC1OC(=O)[C@H](Nc1ccccc1[N+](=O)[O-])C1CCCC1. The first-order chi connectivity index (χ1) is 13.9. The van der Waals surface area contributed by atoms with Crippen LogP contribution < -0.4 is 5.32 Å². The van der Waals surface area contributed by atoms with Crippen LogP contribution in [0.5, 0.6) is 0 Å². The van der Waals surface area contributed by atoms with Crippen LogP contribution in [0.3, 0.4) is 0 Å². The number of hydrogen-bond donors (Lipinski definition) is 1. The maximum atomic E-state index is 13.3. The molecule has 1 aromatic carbocycles. The smallest absolute Gasteiger partial charge is 0.329 e. The molecule has 1 aromatic rings. The summed E-state index contributed by atoms with van der Waals surface area (Å²) in [5.41, 5.74) is 0.387. The number of esters is 1. The van der Waals surface area contributed by atoms with Gasteiger partial charge >= 0.3 is 5.97 Å². The van der Waals surface area contributed by atoms with Crippen molar-refractivity contribution < 1.29 is 14.5 Å². The van der Waals surface area contributed by atoms with Crippen LogP contribution in [0.4, 0.5) is 11.4 Å². The Morgan fingerprint density at radius 2 is 1.86 bits per heavy atom. The number of rotatable bonds is 7. The van der Waals surface area contributed by atoms with E-state index in [0.29, 0.717) is 23.4 Å². The fourth-order valence-corrected chi connectivity index (χ4v) is 5.06. The lowest BCUT2D eigenvalue weighted by molar-refractivity contribution is -0.384. The molecule has 1 N–H and O–H groups in total. The molecule has 6 nitrogen and oxygen atoms in total. The van der Waals surface area contributed by atoms with Gasteiger partial charge in [0.1, 0.15) is 17.8 Å². The van der Waals surface area contributed by atoms with Crippen molar-refractivity contribution in [3.05, 3.63) is 34.4 Å². The number of nitro benzene ring substituents is 1. The van der Waals surface area contributed by atoms with Crippen molar-refractivity contribution in [3.8, 4) is 0 Å². The van der Waals surface area contributed by atoms with Crippen molar-refractivity contribution >= 4 is 17.3 Å². The van der Waals surface area contributed by atoms with Gasteiger partial charge in [0.05, 0.1) is 4.92 Å². The molecule has 6 heteroatoms. The fraction of sp³-hybridized carbons (Fsp3) is 0.696. The van der Waals surface area contributed by atoms with Crippen molar-refractivity contribution in [1.82, 2.24) is 0 Å². The van der Waals surface area contributed by atoms with Crippen LogP contribution in [0.1, 0.15) is 65.7 Å². The molecule has 160 valence electrons. The Morgan fingerprint density at radius 1 is 1.17 bits per heavy atom. The number of nitrogens with one attached hydrogen (secondary N) is 1. The van der Waals surface area contributed by atoms with Gasteiger partial charge in [-0.25, -0.2) is 4.79 Å². The van der Waals surface area contributed by atoms with Crippen LogP contribution in [-0.4, -0.2) is 23.0 Å². The third-order valence-corrected chi connectivity index (χ3v) is 6.77. The zero-order valence-corrected chi connectivity index (χ0v) is 17.8. The minimum absolute atomic E-state index is 0.00496. The fourth-order valence-electron chi connectivity index (χ4n) is 5.06. The highest BCUT2D eigenvalue weighted by atomic mass is 16.6. The maximum absolute atomic E-state index is 13.3. The number of carbonyl (C=O) groups excluding carboxylic acids is 1. The zero-order valence-electron chi connectivity index (χ0n) is 17.8. The predicted molar refractivity (Wildman–Crippen MR) is 114 cm³/mol. The average Bonchev–Trinajstić information content (AvgIpc) is 3.20. The molecule has 1 unspecified atom stereocenters. The lowest BCUT2D eigenvalue weighted by Gasteiger charge is -2.38. The van der Waals surface area contributed by atoms with E-state index in [2.05, 4.69) is 26.1 Å². The molecule has 0 amide bonds. The van der Waals surface area contributed by atoms with Gasteiger partial charge in [-0.05, 0) is 55.4 Å². The normalized spacial score (nSPS) is 26.3. The van der Waals surface area contributed by atoms with Crippen LogP contribution in [0.25, 0.3) is 0 Å². The molecular weight excluding hydrogens is 368 g/mol. The van der Waals surface area contributed by atoms with Gasteiger partial charge in [0.2, 0.25) is 0 Å². The molecule has 0 bridgehead atoms. The summed E-state index contributed by atoms with van der Waals surface area (Å²) < 4.78 is 6.11. The molecule has 29 heavy (non-hydrogen) atoms. The average molecular weight is 403 g/mol. The summed E-state index contributed by atoms with van der Waals surface area (Å²) >= 11 is 0. The second-order valence-electron chi connectivity index (χ2n) is 9.24. The summed E-state index contributed by atoms with van der Waals surface area (Å²) in [4.78, 5) is 24.3. The molecule has 2 aliphatic carbocycles. The largest absolute Gasteiger partial charge is 0.461 e. The molecule has 3 rings (SSSR count). The Balaban J connectivity index is 1.79. The van der Waals surface area contributed by atoms with Gasteiger partial charge in [-0.2, -0.15) is 0 Å². The van der Waals surface area contributed by atoms with Crippen molar-refractivity contribution in [3.63, 3.8) is 0 Å². The summed E-state index contributed by atoms with van der Waals surface area (Å²) in [6, 6.07) is 6.00. The maximum Gasteiger partial charge on any atom is 0.329 e. The number of benzene rings is 1. The predicted octanol–water partition coefficient (Wildman–Crippen LogP) is 5.57. The van der Waals surface area contributed by atoms with Crippen molar-refractivity contribution in [2.45, 2.75) is 77.9 Å². The van der Waals surface area contributed by atoms with Gasteiger partial charge in [-0.1, -0.05) is 52.2 Å². The van der Waals surface area contributed by atoms with Crippen molar-refractivity contribution in [2.24, 2.45) is 23.7 Å². The van der Waals surface area contributed by atoms with Gasteiger partial charge in [0, 0.05) is 6.07 Å². The molecule has 0 radical (unpaired) electrons. The van der Waals surface area contributed by atoms with E-state index in [1.165, 1.54) is 12.5 Å². The number of nitrogens with zero attached hydrogens (tertiary/aromatic N) is 1. The Hall–Kier alpha value is -2.11. The molecule has 2 saturated carbocycles. The number of para-hydroxylation sites is 2. The Morgan fingerprint density at radius 3 is 2.52 bits per heavy atom. The third kappa shape index (κ3) is 5.28. The molecule has 0 heterocycles. The highest BCUT2D eigenvalue weighted by Crippen LogP contribution is 2.37. The summed E-state index contributed by atoms with van der Waals surface area (Å²) in [7, 11) is 0. The number of nitro groups is 1. The quantitative estimate of drug-likeness (QED) is 0.366. The monoisotopic (exact) mass is 402 g/mol. The van der Waals surface area contributed by atoms with Gasteiger partial charge in [0.25, 0.3) is 5.69 Å². The van der Waals surface area contributed by atoms with E-state index < -0.39 is 11.0 Å². The third-order valence-electron chi connectivity index (χ3n) is 6.77.